The van der Waals surface area contributed by atoms with Gasteiger partial charge in [0.25, 0.3) is 0 Å². The second kappa shape index (κ2) is 6.26. The van der Waals surface area contributed by atoms with Crippen LogP contribution in [-0.2, 0) is 16.8 Å². The highest BCUT2D eigenvalue weighted by Gasteiger charge is 2.27. The molecule has 0 fully saturated rings. The van der Waals surface area contributed by atoms with Crippen molar-refractivity contribution < 1.29 is 9.21 Å². The van der Waals surface area contributed by atoms with Gasteiger partial charge in [-0.15, -0.1) is 10.2 Å². The van der Waals surface area contributed by atoms with Gasteiger partial charge >= 0.3 is 0 Å². The Hall–Kier alpha value is -1.59. The summed E-state index contributed by atoms with van der Waals surface area (Å²) in [6.07, 6.45) is 1.22. The number of halogens is 2. The molecule has 1 amide bonds. The molecule has 0 unspecified atom stereocenters. The highest BCUT2D eigenvalue weighted by Crippen LogP contribution is 2.41. The molecule has 0 aliphatic rings. The maximum Gasteiger partial charge on any atom is 0.235 e. The quantitative estimate of drug-likeness (QED) is 0.838. The third-order valence-electron chi connectivity index (χ3n) is 3.23. The predicted molar refractivity (Wildman–Crippen MR) is 86.3 cm³/mol. The number of hydrogen-bond acceptors (Lipinski definition) is 4. The van der Waals surface area contributed by atoms with Crippen molar-refractivity contribution >= 4 is 34.8 Å². The molecule has 0 saturated carbocycles. The zero-order chi connectivity index (χ0) is 16.5. The lowest BCUT2D eigenvalue weighted by Crippen LogP contribution is -2.31. The van der Waals surface area contributed by atoms with E-state index in [0.29, 0.717) is 21.6 Å². The molecule has 5 nitrogen and oxygen atoms in total. The first-order valence-corrected chi connectivity index (χ1v) is 7.49. The van der Waals surface area contributed by atoms with Crippen LogP contribution in [0.15, 0.2) is 22.9 Å². The smallest absolute Gasteiger partial charge is 0.235 e. The third-order valence-corrected chi connectivity index (χ3v) is 4.02. The fourth-order valence-electron chi connectivity index (χ4n) is 2.16. The highest BCUT2D eigenvalue weighted by molar-refractivity contribution is 6.44. The summed E-state index contributed by atoms with van der Waals surface area (Å²) < 4.78 is 5.14. The molecule has 118 valence electrons. The minimum atomic E-state index is -0.216. The van der Waals surface area contributed by atoms with Gasteiger partial charge < -0.3 is 9.32 Å². The monoisotopic (exact) mass is 341 g/mol. The molecule has 0 N–H and O–H groups in total. The number of carbonyl (C=O) groups excluding carboxylic acids is 1. The second-order valence-corrected chi connectivity index (χ2v) is 6.73. The summed E-state index contributed by atoms with van der Waals surface area (Å²) in [4.78, 5) is 13.6. The fourth-order valence-corrected chi connectivity index (χ4v) is 2.58. The molecular weight excluding hydrogens is 325 g/mol. The molecule has 2 aromatic rings. The van der Waals surface area contributed by atoms with E-state index in [-0.39, 0.29) is 17.9 Å². The number of amides is 1. The van der Waals surface area contributed by atoms with Crippen LogP contribution >= 0.6 is 23.2 Å². The van der Waals surface area contributed by atoms with Crippen molar-refractivity contribution in [3.8, 4) is 0 Å². The number of rotatable bonds is 3. The van der Waals surface area contributed by atoms with Gasteiger partial charge in [-0.1, -0.05) is 50.0 Å². The van der Waals surface area contributed by atoms with Crippen LogP contribution in [0.1, 0.15) is 39.1 Å². The molecule has 0 bridgehead atoms. The summed E-state index contributed by atoms with van der Waals surface area (Å²) in [6, 6.07) is 3.62. The number of aromatic nitrogens is 2. The average molecular weight is 342 g/mol. The topological polar surface area (TPSA) is 59.2 Å². The predicted octanol–water partition coefficient (Wildman–Crippen LogP) is 4.23. The van der Waals surface area contributed by atoms with Crippen molar-refractivity contribution in [3.63, 3.8) is 0 Å². The van der Waals surface area contributed by atoms with E-state index in [1.807, 2.05) is 26.8 Å². The normalized spacial score (nSPS) is 11.5. The van der Waals surface area contributed by atoms with E-state index in [2.05, 4.69) is 10.2 Å². The maximum absolute atomic E-state index is 12.1. The molecule has 2 rings (SSSR count). The summed E-state index contributed by atoms with van der Waals surface area (Å²) in [5, 5.41) is 8.17. The van der Waals surface area contributed by atoms with Crippen molar-refractivity contribution in [2.75, 3.05) is 4.90 Å². The molecule has 22 heavy (non-hydrogen) atoms. The zero-order valence-electron chi connectivity index (χ0n) is 12.9. The Bertz CT molecular complexity index is 679. The van der Waals surface area contributed by atoms with Crippen LogP contribution in [-0.4, -0.2) is 16.1 Å². The van der Waals surface area contributed by atoms with Gasteiger partial charge in [0, 0.05) is 6.92 Å². The van der Waals surface area contributed by atoms with E-state index < -0.39 is 0 Å². The Morgan fingerprint density at radius 2 is 2.00 bits per heavy atom. The lowest BCUT2D eigenvalue weighted by molar-refractivity contribution is -0.116. The van der Waals surface area contributed by atoms with Gasteiger partial charge in [-0.25, -0.2) is 0 Å². The van der Waals surface area contributed by atoms with Gasteiger partial charge in [0.2, 0.25) is 18.2 Å². The average Bonchev–Trinajstić information content (AvgIpc) is 2.91. The van der Waals surface area contributed by atoms with E-state index in [1.165, 1.54) is 18.2 Å². The largest absolute Gasteiger partial charge is 0.426 e. The van der Waals surface area contributed by atoms with Gasteiger partial charge in [-0.3, -0.25) is 4.79 Å². The standard InChI is InChI=1S/C15H17Cl2N3O2/c1-9(21)20(7-12-19-18-8-22-12)14-10(15(2,3)4)5-6-11(16)13(14)17/h5-6,8H,7H2,1-4H3. The van der Waals surface area contributed by atoms with Crippen LogP contribution in [0.2, 0.25) is 10.0 Å². The number of anilines is 1. The Labute approximate surface area is 139 Å². The van der Waals surface area contributed by atoms with Gasteiger partial charge in [-0.2, -0.15) is 0 Å². The molecule has 0 aliphatic carbocycles. The SMILES string of the molecule is CC(=O)N(Cc1nnco1)c1c(C(C)(C)C)ccc(Cl)c1Cl. The van der Waals surface area contributed by atoms with Gasteiger partial charge in [0.1, 0.15) is 6.54 Å². The van der Waals surface area contributed by atoms with Crippen molar-refractivity contribution in [2.45, 2.75) is 39.7 Å². The minimum Gasteiger partial charge on any atom is -0.426 e. The minimum absolute atomic E-state index is 0.137. The first kappa shape index (κ1) is 16.8. The van der Waals surface area contributed by atoms with Crippen LogP contribution < -0.4 is 4.90 Å². The van der Waals surface area contributed by atoms with Gasteiger partial charge in [0.15, 0.2) is 0 Å². The molecule has 0 saturated heterocycles. The molecule has 1 aromatic carbocycles. The van der Waals surface area contributed by atoms with Crippen LogP contribution in [0, 0.1) is 0 Å². The lowest BCUT2D eigenvalue weighted by Gasteiger charge is -2.30. The number of carbonyl (C=O) groups is 1. The number of nitrogens with zero attached hydrogens (tertiary/aromatic N) is 3. The Balaban J connectivity index is 2.60. The Morgan fingerprint density at radius 1 is 1.32 bits per heavy atom. The van der Waals surface area contributed by atoms with Crippen LogP contribution in [0.3, 0.4) is 0 Å². The van der Waals surface area contributed by atoms with E-state index in [4.69, 9.17) is 27.6 Å². The molecule has 1 aromatic heterocycles. The molecule has 0 spiro atoms. The fraction of sp³-hybridized carbons (Fsp3) is 0.400. The molecule has 0 atom stereocenters. The third kappa shape index (κ3) is 3.42. The maximum atomic E-state index is 12.1. The van der Waals surface area contributed by atoms with Crippen molar-refractivity contribution in [1.82, 2.24) is 10.2 Å². The highest BCUT2D eigenvalue weighted by atomic mass is 35.5. The molecule has 7 heteroatoms. The molecular formula is C15H17Cl2N3O2. The summed E-state index contributed by atoms with van der Waals surface area (Å²) in [6.45, 7) is 7.72. The number of benzene rings is 1. The molecule has 0 aliphatic heterocycles. The van der Waals surface area contributed by atoms with E-state index in [1.54, 1.807) is 6.07 Å². The van der Waals surface area contributed by atoms with Crippen molar-refractivity contribution in [2.24, 2.45) is 0 Å². The van der Waals surface area contributed by atoms with Crippen LogP contribution in [0.25, 0.3) is 0 Å². The zero-order valence-corrected chi connectivity index (χ0v) is 14.4. The van der Waals surface area contributed by atoms with E-state index in [0.717, 1.165) is 5.56 Å². The lowest BCUT2D eigenvalue weighted by atomic mass is 9.85. The van der Waals surface area contributed by atoms with Crippen LogP contribution in [0.5, 0.6) is 0 Å². The first-order valence-electron chi connectivity index (χ1n) is 6.73. The van der Waals surface area contributed by atoms with Crippen molar-refractivity contribution in [1.29, 1.82) is 0 Å². The Morgan fingerprint density at radius 3 is 2.50 bits per heavy atom. The summed E-state index contributed by atoms with van der Waals surface area (Å²) in [5.41, 5.74) is 1.27. The van der Waals surface area contributed by atoms with Gasteiger partial charge in [-0.05, 0) is 17.0 Å². The summed E-state index contributed by atoms with van der Waals surface area (Å²) in [7, 11) is 0. The summed E-state index contributed by atoms with van der Waals surface area (Å²) >= 11 is 12.5. The first-order chi connectivity index (χ1) is 10.2. The van der Waals surface area contributed by atoms with Gasteiger partial charge in [0.05, 0.1) is 15.7 Å². The molecule has 0 radical (unpaired) electrons. The number of hydrogen-bond donors (Lipinski definition) is 0. The molecule has 1 heterocycles. The van der Waals surface area contributed by atoms with E-state index in [9.17, 15) is 4.79 Å². The van der Waals surface area contributed by atoms with Crippen LogP contribution in [0.4, 0.5) is 5.69 Å². The van der Waals surface area contributed by atoms with Crippen molar-refractivity contribution in [3.05, 3.63) is 40.0 Å². The van der Waals surface area contributed by atoms with E-state index >= 15 is 0 Å². The second-order valence-electron chi connectivity index (χ2n) is 5.95. The Kier molecular flexibility index (Phi) is 4.78. The summed E-state index contributed by atoms with van der Waals surface area (Å²) in [5.74, 6) is 0.138.